The third kappa shape index (κ3) is 1.90. The van der Waals surface area contributed by atoms with E-state index in [1.54, 1.807) is 0 Å². The van der Waals surface area contributed by atoms with Gasteiger partial charge in [-0.15, -0.1) is 0 Å². The molecule has 1 rings (SSSR count). The largest absolute Gasteiger partial charge is 0.372 e. The van der Waals surface area contributed by atoms with E-state index in [1.807, 2.05) is 0 Å². The van der Waals surface area contributed by atoms with Gasteiger partial charge in [0, 0.05) is 19.2 Å². The van der Waals surface area contributed by atoms with E-state index in [0.717, 1.165) is 0 Å². The Morgan fingerprint density at radius 1 is 1.19 bits per heavy atom. The molecular formula is C10H11F4NO. The Labute approximate surface area is 90.0 Å². The highest BCUT2D eigenvalue weighted by molar-refractivity contribution is 5.27. The summed E-state index contributed by atoms with van der Waals surface area (Å²) in [6, 6.07) is 0.546. The molecule has 0 aliphatic heterocycles. The van der Waals surface area contributed by atoms with Gasteiger partial charge in [-0.3, -0.25) is 0 Å². The van der Waals surface area contributed by atoms with Crippen molar-refractivity contribution >= 4 is 0 Å². The van der Waals surface area contributed by atoms with E-state index in [9.17, 15) is 17.6 Å². The minimum atomic E-state index is -1.87. The van der Waals surface area contributed by atoms with Crippen molar-refractivity contribution in [3.8, 4) is 0 Å². The fraction of sp³-hybridized carbons (Fsp3) is 0.400. The molecule has 0 radical (unpaired) electrons. The molecule has 0 saturated carbocycles. The highest BCUT2D eigenvalue weighted by Crippen LogP contribution is 2.29. The third-order valence-electron chi connectivity index (χ3n) is 2.51. The quantitative estimate of drug-likeness (QED) is 0.496. The molecule has 0 amide bonds. The number of ether oxygens (including phenoxy) is 1. The topological polar surface area (TPSA) is 35.2 Å². The summed E-state index contributed by atoms with van der Waals surface area (Å²) in [5.41, 5.74) is 3.47. The molecule has 1 atom stereocenters. The van der Waals surface area contributed by atoms with Crippen LogP contribution in [0.4, 0.5) is 17.6 Å². The summed E-state index contributed by atoms with van der Waals surface area (Å²) in [4.78, 5) is 0. The van der Waals surface area contributed by atoms with Crippen molar-refractivity contribution in [2.75, 3.05) is 13.7 Å². The van der Waals surface area contributed by atoms with Crippen LogP contribution in [0.2, 0.25) is 0 Å². The average Bonchev–Trinajstić information content (AvgIpc) is 2.30. The van der Waals surface area contributed by atoms with E-state index in [1.165, 1.54) is 14.0 Å². The summed E-state index contributed by atoms with van der Waals surface area (Å²) in [5, 5.41) is 0. The second kappa shape index (κ2) is 4.39. The molecule has 0 aliphatic rings. The van der Waals surface area contributed by atoms with Gasteiger partial charge in [-0.2, -0.15) is 0 Å². The fourth-order valence-electron chi connectivity index (χ4n) is 1.26. The molecule has 1 unspecified atom stereocenters. The van der Waals surface area contributed by atoms with Crippen molar-refractivity contribution in [2.45, 2.75) is 12.5 Å². The SMILES string of the molecule is COC(C)(CN)c1cc(F)c(F)c(F)c1F. The smallest absolute Gasteiger partial charge is 0.197 e. The van der Waals surface area contributed by atoms with E-state index >= 15 is 0 Å². The Balaban J connectivity index is 3.46. The Bertz CT molecular complexity index is 404. The second-order valence-electron chi connectivity index (χ2n) is 3.49. The van der Waals surface area contributed by atoms with Crippen molar-refractivity contribution in [1.29, 1.82) is 0 Å². The van der Waals surface area contributed by atoms with Gasteiger partial charge in [-0.25, -0.2) is 17.6 Å². The summed E-state index contributed by atoms with van der Waals surface area (Å²) in [7, 11) is 1.21. The average molecular weight is 237 g/mol. The van der Waals surface area contributed by atoms with Gasteiger partial charge in [-0.1, -0.05) is 0 Å². The molecule has 16 heavy (non-hydrogen) atoms. The van der Waals surface area contributed by atoms with Crippen LogP contribution in [0.25, 0.3) is 0 Å². The number of benzene rings is 1. The van der Waals surface area contributed by atoms with Gasteiger partial charge in [0.15, 0.2) is 23.3 Å². The Morgan fingerprint density at radius 3 is 2.19 bits per heavy atom. The minimum Gasteiger partial charge on any atom is -0.372 e. The molecule has 0 aliphatic carbocycles. The zero-order valence-corrected chi connectivity index (χ0v) is 8.78. The van der Waals surface area contributed by atoms with Crippen LogP contribution in [-0.2, 0) is 10.3 Å². The van der Waals surface area contributed by atoms with E-state index in [0.29, 0.717) is 6.07 Å². The molecule has 2 N–H and O–H groups in total. The number of nitrogens with two attached hydrogens (primary N) is 1. The molecule has 6 heteroatoms. The lowest BCUT2D eigenvalue weighted by atomic mass is 9.95. The van der Waals surface area contributed by atoms with E-state index in [-0.39, 0.29) is 6.54 Å². The molecule has 1 aromatic carbocycles. The first-order valence-electron chi connectivity index (χ1n) is 4.46. The predicted molar refractivity (Wildman–Crippen MR) is 49.7 cm³/mol. The molecule has 0 bridgehead atoms. The van der Waals surface area contributed by atoms with Crippen LogP contribution < -0.4 is 5.73 Å². The van der Waals surface area contributed by atoms with Crippen molar-refractivity contribution in [2.24, 2.45) is 5.73 Å². The minimum absolute atomic E-state index is 0.203. The lowest BCUT2D eigenvalue weighted by Gasteiger charge is -2.27. The van der Waals surface area contributed by atoms with Crippen molar-refractivity contribution in [3.05, 3.63) is 34.9 Å². The Morgan fingerprint density at radius 2 is 1.75 bits per heavy atom. The first kappa shape index (κ1) is 12.9. The molecule has 0 heterocycles. The predicted octanol–water partition coefficient (Wildman–Crippen LogP) is 2.06. The standard InChI is InChI=1S/C10H11F4NO/c1-10(4-15,16-2)5-3-6(11)8(13)9(14)7(5)12/h3H,4,15H2,1-2H3. The van der Waals surface area contributed by atoms with Gasteiger partial charge in [-0.05, 0) is 13.0 Å². The summed E-state index contributed by atoms with van der Waals surface area (Å²) in [5.74, 6) is -6.69. The Hall–Kier alpha value is -1.14. The van der Waals surface area contributed by atoms with E-state index < -0.39 is 34.4 Å². The molecule has 0 aromatic heterocycles. The van der Waals surface area contributed by atoms with Gasteiger partial charge in [0.05, 0.1) is 0 Å². The van der Waals surface area contributed by atoms with Gasteiger partial charge in [0.2, 0.25) is 0 Å². The maximum Gasteiger partial charge on any atom is 0.197 e. The molecule has 0 spiro atoms. The lowest BCUT2D eigenvalue weighted by molar-refractivity contribution is 0.00613. The maximum atomic E-state index is 13.4. The first-order chi connectivity index (χ1) is 7.37. The maximum absolute atomic E-state index is 13.4. The molecule has 2 nitrogen and oxygen atoms in total. The van der Waals surface area contributed by atoms with Crippen LogP contribution in [0.1, 0.15) is 12.5 Å². The molecule has 1 aromatic rings. The van der Waals surface area contributed by atoms with Crippen LogP contribution >= 0.6 is 0 Å². The van der Waals surface area contributed by atoms with Crippen molar-refractivity contribution < 1.29 is 22.3 Å². The molecule has 90 valence electrons. The summed E-state index contributed by atoms with van der Waals surface area (Å²) >= 11 is 0. The second-order valence-corrected chi connectivity index (χ2v) is 3.49. The summed E-state index contributed by atoms with van der Waals surface area (Å²) in [6.07, 6.45) is 0. The highest BCUT2D eigenvalue weighted by Gasteiger charge is 2.32. The van der Waals surface area contributed by atoms with Gasteiger partial charge >= 0.3 is 0 Å². The van der Waals surface area contributed by atoms with Crippen LogP contribution in [0, 0.1) is 23.3 Å². The van der Waals surface area contributed by atoms with Crippen LogP contribution in [-0.4, -0.2) is 13.7 Å². The van der Waals surface area contributed by atoms with Crippen molar-refractivity contribution in [1.82, 2.24) is 0 Å². The van der Waals surface area contributed by atoms with Gasteiger partial charge in [0.1, 0.15) is 5.60 Å². The normalized spacial score (nSPS) is 14.9. The molecule has 0 fully saturated rings. The van der Waals surface area contributed by atoms with Crippen LogP contribution in [0.5, 0.6) is 0 Å². The van der Waals surface area contributed by atoms with Crippen molar-refractivity contribution in [3.63, 3.8) is 0 Å². The van der Waals surface area contributed by atoms with Gasteiger partial charge in [0.25, 0.3) is 0 Å². The highest BCUT2D eigenvalue weighted by atomic mass is 19.2. The monoisotopic (exact) mass is 237 g/mol. The van der Waals surface area contributed by atoms with E-state index in [2.05, 4.69) is 0 Å². The number of rotatable bonds is 3. The molecule has 0 saturated heterocycles. The Kier molecular flexibility index (Phi) is 3.54. The fourth-order valence-corrected chi connectivity index (χ4v) is 1.26. The number of halogens is 4. The number of hydrogen-bond donors (Lipinski definition) is 1. The summed E-state index contributed by atoms with van der Waals surface area (Å²) < 4.78 is 56.9. The number of methoxy groups -OCH3 is 1. The number of hydrogen-bond acceptors (Lipinski definition) is 2. The zero-order valence-electron chi connectivity index (χ0n) is 8.78. The zero-order chi connectivity index (χ0) is 12.5. The first-order valence-corrected chi connectivity index (χ1v) is 4.46. The third-order valence-corrected chi connectivity index (χ3v) is 2.51. The van der Waals surface area contributed by atoms with Crippen LogP contribution in [0.3, 0.4) is 0 Å². The van der Waals surface area contributed by atoms with Gasteiger partial charge < -0.3 is 10.5 Å². The van der Waals surface area contributed by atoms with Crippen LogP contribution in [0.15, 0.2) is 6.07 Å². The molecular weight excluding hydrogens is 226 g/mol. The van der Waals surface area contributed by atoms with E-state index in [4.69, 9.17) is 10.5 Å². The lowest BCUT2D eigenvalue weighted by Crippen LogP contribution is -2.35. The summed E-state index contributed by atoms with van der Waals surface area (Å²) in [6.45, 7) is 1.15.